The number of likely N-dealkylation sites (tertiary alicyclic amines) is 1. The van der Waals surface area contributed by atoms with Crippen LogP contribution in [-0.4, -0.2) is 68.0 Å². The lowest BCUT2D eigenvalue weighted by Crippen LogP contribution is -2.43. The normalized spacial score (nSPS) is 30.8. The van der Waals surface area contributed by atoms with Gasteiger partial charge in [-0.3, -0.25) is 4.79 Å². The van der Waals surface area contributed by atoms with Gasteiger partial charge in [-0.15, -0.1) is 0 Å². The van der Waals surface area contributed by atoms with Gasteiger partial charge in [0.25, 0.3) is 0 Å². The van der Waals surface area contributed by atoms with Crippen molar-refractivity contribution in [2.24, 2.45) is 11.8 Å². The van der Waals surface area contributed by atoms with E-state index in [9.17, 15) is 17.6 Å². The van der Waals surface area contributed by atoms with E-state index in [0.29, 0.717) is 18.0 Å². The molecule has 3 fully saturated rings. The van der Waals surface area contributed by atoms with Crippen molar-refractivity contribution in [1.82, 2.24) is 14.5 Å². The number of benzene rings is 1. The fourth-order valence-corrected chi connectivity index (χ4v) is 6.27. The van der Waals surface area contributed by atoms with Crippen LogP contribution in [0.25, 0.3) is 0 Å². The van der Waals surface area contributed by atoms with Crippen molar-refractivity contribution in [2.45, 2.75) is 55.8 Å². The summed E-state index contributed by atoms with van der Waals surface area (Å²) in [5.41, 5.74) is 1.04. The van der Waals surface area contributed by atoms with Crippen molar-refractivity contribution >= 4 is 15.9 Å². The molecular weight excluding hydrogens is 419 g/mol. The molecule has 0 radical (unpaired) electrons. The third-order valence-corrected chi connectivity index (χ3v) is 8.57. The summed E-state index contributed by atoms with van der Waals surface area (Å²) in [6, 6.07) is 8.46. The number of alkyl halides is 1. The molecule has 0 aromatic heterocycles. The summed E-state index contributed by atoms with van der Waals surface area (Å²) >= 11 is 0. The lowest BCUT2D eigenvalue weighted by Gasteiger charge is -2.23. The van der Waals surface area contributed by atoms with Crippen molar-refractivity contribution in [3.8, 4) is 6.07 Å². The number of halogens is 1. The SMILES string of the molecule is CC(C)(C)c1ccc(S(=O)(=O)N2CC3C(C2)C3NCC(=O)N2CC(F)CC2C#N)cc1. The molecule has 4 rings (SSSR count). The number of amides is 1. The zero-order chi connectivity index (χ0) is 22.6. The highest BCUT2D eigenvalue weighted by atomic mass is 32.2. The van der Waals surface area contributed by atoms with Gasteiger partial charge in [-0.05, 0) is 34.9 Å². The summed E-state index contributed by atoms with van der Waals surface area (Å²) < 4.78 is 41.0. The minimum absolute atomic E-state index is 0.0315. The Morgan fingerprint density at radius 1 is 1.19 bits per heavy atom. The van der Waals surface area contributed by atoms with Crippen LogP contribution in [0.5, 0.6) is 0 Å². The maximum absolute atomic E-state index is 13.5. The Labute approximate surface area is 183 Å². The summed E-state index contributed by atoms with van der Waals surface area (Å²) in [7, 11) is -3.54. The Hall–Kier alpha value is -2.02. The number of rotatable bonds is 5. The third kappa shape index (κ3) is 4.21. The molecule has 4 atom stereocenters. The van der Waals surface area contributed by atoms with Gasteiger partial charge < -0.3 is 10.2 Å². The number of carbonyl (C=O) groups is 1. The molecule has 7 nitrogen and oxygen atoms in total. The van der Waals surface area contributed by atoms with Crippen LogP contribution in [-0.2, 0) is 20.2 Å². The van der Waals surface area contributed by atoms with Gasteiger partial charge in [-0.25, -0.2) is 12.8 Å². The molecule has 2 saturated heterocycles. The first-order valence-electron chi connectivity index (χ1n) is 10.7. The molecule has 1 aliphatic carbocycles. The van der Waals surface area contributed by atoms with E-state index >= 15 is 0 Å². The number of hydrogen-bond donors (Lipinski definition) is 1. The van der Waals surface area contributed by atoms with Crippen LogP contribution in [0.3, 0.4) is 0 Å². The van der Waals surface area contributed by atoms with Crippen LogP contribution < -0.4 is 5.32 Å². The number of nitriles is 1. The van der Waals surface area contributed by atoms with Gasteiger partial charge in [-0.1, -0.05) is 32.9 Å². The summed E-state index contributed by atoms with van der Waals surface area (Å²) in [5.74, 6) is 0.0754. The zero-order valence-electron chi connectivity index (χ0n) is 18.1. The van der Waals surface area contributed by atoms with Crippen molar-refractivity contribution in [3.05, 3.63) is 29.8 Å². The first kappa shape index (κ1) is 22.2. The van der Waals surface area contributed by atoms with Crippen molar-refractivity contribution in [3.63, 3.8) is 0 Å². The van der Waals surface area contributed by atoms with Crippen LogP contribution in [0.4, 0.5) is 4.39 Å². The number of carbonyl (C=O) groups excluding carboxylic acids is 1. The molecule has 4 unspecified atom stereocenters. The van der Waals surface area contributed by atoms with Crippen molar-refractivity contribution < 1.29 is 17.6 Å². The smallest absolute Gasteiger partial charge is 0.243 e. The fraction of sp³-hybridized carbons (Fsp3) is 0.636. The first-order chi connectivity index (χ1) is 14.5. The topological polar surface area (TPSA) is 93.5 Å². The highest BCUT2D eigenvalue weighted by Gasteiger charge is 2.58. The summed E-state index contributed by atoms with van der Waals surface area (Å²) in [6.07, 6.45) is -1.08. The summed E-state index contributed by atoms with van der Waals surface area (Å²) in [4.78, 5) is 14.0. The molecule has 3 aliphatic rings. The Morgan fingerprint density at radius 3 is 2.35 bits per heavy atom. The number of piperidine rings is 1. The lowest BCUT2D eigenvalue weighted by atomic mass is 9.87. The van der Waals surface area contributed by atoms with Gasteiger partial charge >= 0.3 is 0 Å². The van der Waals surface area contributed by atoms with E-state index in [1.165, 1.54) is 9.21 Å². The lowest BCUT2D eigenvalue weighted by molar-refractivity contribution is -0.130. The molecule has 2 heterocycles. The largest absolute Gasteiger partial charge is 0.323 e. The first-order valence-corrected chi connectivity index (χ1v) is 12.1. The molecule has 0 spiro atoms. The third-order valence-electron chi connectivity index (χ3n) is 6.73. The Balaban J connectivity index is 1.30. The predicted octanol–water partition coefficient (Wildman–Crippen LogP) is 1.66. The van der Waals surface area contributed by atoms with Crippen molar-refractivity contribution in [1.29, 1.82) is 5.26 Å². The molecule has 1 aromatic carbocycles. The number of hydrogen-bond acceptors (Lipinski definition) is 5. The number of nitrogens with one attached hydrogen (secondary N) is 1. The van der Waals surface area contributed by atoms with E-state index in [-0.39, 0.29) is 48.7 Å². The maximum Gasteiger partial charge on any atom is 0.243 e. The van der Waals surface area contributed by atoms with Gasteiger partial charge in [0.2, 0.25) is 15.9 Å². The molecule has 31 heavy (non-hydrogen) atoms. The summed E-state index contributed by atoms with van der Waals surface area (Å²) in [5, 5.41) is 12.3. The molecule has 9 heteroatoms. The second kappa shape index (κ2) is 7.84. The molecule has 1 N–H and O–H groups in total. The Kier molecular flexibility index (Phi) is 5.61. The van der Waals surface area contributed by atoms with Crippen LogP contribution in [0.1, 0.15) is 32.8 Å². The zero-order valence-corrected chi connectivity index (χ0v) is 18.9. The average Bonchev–Trinajstić information content (AvgIpc) is 3.05. The fourth-order valence-electron chi connectivity index (χ4n) is 4.75. The van der Waals surface area contributed by atoms with Gasteiger partial charge in [0.05, 0.1) is 24.1 Å². The average molecular weight is 449 g/mol. The standard InChI is InChI=1S/C22H29FN4O3S/c1-22(2,3)14-4-6-17(7-5-14)31(29,30)26-12-18-19(13-26)21(18)25-10-20(28)27-11-15(23)8-16(27)9-24/h4-7,15-16,18-19,21,25H,8,10-13H2,1-3H3. The molecular formula is C22H29FN4O3S. The van der Waals surface area contributed by atoms with Crippen LogP contribution in [0.2, 0.25) is 0 Å². The highest BCUT2D eigenvalue weighted by Crippen LogP contribution is 2.47. The van der Waals surface area contributed by atoms with E-state index in [4.69, 9.17) is 5.26 Å². The molecule has 2 aliphatic heterocycles. The molecule has 168 valence electrons. The molecule has 0 bridgehead atoms. The second-order valence-corrected chi connectivity index (χ2v) is 11.8. The van der Waals surface area contributed by atoms with Crippen LogP contribution in [0.15, 0.2) is 29.2 Å². The van der Waals surface area contributed by atoms with E-state index in [1.807, 2.05) is 18.2 Å². The minimum atomic E-state index is -3.54. The molecule has 1 saturated carbocycles. The van der Waals surface area contributed by atoms with Gasteiger partial charge in [0.1, 0.15) is 12.2 Å². The van der Waals surface area contributed by atoms with Crippen molar-refractivity contribution in [2.75, 3.05) is 26.2 Å². The van der Waals surface area contributed by atoms with E-state index in [2.05, 4.69) is 26.1 Å². The molecule has 1 aromatic rings. The Morgan fingerprint density at radius 2 is 1.81 bits per heavy atom. The second-order valence-electron chi connectivity index (χ2n) is 9.85. The number of sulfonamides is 1. The summed E-state index contributed by atoms with van der Waals surface area (Å²) in [6.45, 7) is 7.13. The number of fused-ring (bicyclic) bond motifs is 1. The van der Waals surface area contributed by atoms with Gasteiger partial charge in [0, 0.05) is 25.6 Å². The predicted molar refractivity (Wildman–Crippen MR) is 113 cm³/mol. The number of nitrogens with zero attached hydrogens (tertiary/aromatic N) is 3. The van der Waals surface area contributed by atoms with Crippen LogP contribution >= 0.6 is 0 Å². The minimum Gasteiger partial charge on any atom is -0.323 e. The Bertz CT molecular complexity index is 987. The monoisotopic (exact) mass is 448 g/mol. The van der Waals surface area contributed by atoms with Crippen LogP contribution in [0, 0.1) is 23.2 Å². The van der Waals surface area contributed by atoms with E-state index < -0.39 is 22.2 Å². The van der Waals surface area contributed by atoms with Gasteiger partial charge in [-0.2, -0.15) is 9.57 Å². The molecule has 1 amide bonds. The van der Waals surface area contributed by atoms with E-state index in [1.54, 1.807) is 12.1 Å². The maximum atomic E-state index is 13.5. The highest BCUT2D eigenvalue weighted by molar-refractivity contribution is 7.89. The van der Waals surface area contributed by atoms with E-state index in [0.717, 1.165) is 5.56 Å². The van der Waals surface area contributed by atoms with Gasteiger partial charge in [0.15, 0.2) is 0 Å². The quantitative estimate of drug-likeness (QED) is 0.739.